The predicted octanol–water partition coefficient (Wildman–Crippen LogP) is 2.44. The Morgan fingerprint density at radius 1 is 1.12 bits per heavy atom. The van der Waals surface area contributed by atoms with Crippen molar-refractivity contribution in [3.8, 4) is 0 Å². The van der Waals surface area contributed by atoms with E-state index < -0.39 is 0 Å². The van der Waals surface area contributed by atoms with Crippen molar-refractivity contribution in [3.63, 3.8) is 0 Å². The van der Waals surface area contributed by atoms with E-state index in [1.54, 1.807) is 7.11 Å². The van der Waals surface area contributed by atoms with E-state index >= 15 is 0 Å². The second kappa shape index (κ2) is 8.06. The van der Waals surface area contributed by atoms with Crippen LogP contribution in [-0.2, 0) is 4.74 Å². The molecule has 0 rings (SSSR count). The second-order valence-corrected chi connectivity index (χ2v) is 5.88. The van der Waals surface area contributed by atoms with Gasteiger partial charge in [-0.05, 0) is 24.7 Å². The number of nitrogens with one attached hydrogen (secondary N) is 1. The Morgan fingerprint density at radius 3 is 2.12 bits per heavy atom. The van der Waals surface area contributed by atoms with E-state index in [1.165, 1.54) is 0 Å². The van der Waals surface area contributed by atoms with Gasteiger partial charge in [0.1, 0.15) is 0 Å². The third kappa shape index (κ3) is 6.39. The minimum absolute atomic E-state index is 0.0529. The second-order valence-electron chi connectivity index (χ2n) is 5.88. The summed E-state index contributed by atoms with van der Waals surface area (Å²) in [6.45, 7) is 11.7. The molecule has 17 heavy (non-hydrogen) atoms. The molecule has 104 valence electrons. The van der Waals surface area contributed by atoms with Gasteiger partial charge in [-0.2, -0.15) is 0 Å². The molecule has 0 aliphatic carbocycles. The predicted molar refractivity (Wildman–Crippen MR) is 73.2 cm³/mol. The van der Waals surface area contributed by atoms with Gasteiger partial charge in [-0.1, -0.05) is 27.7 Å². The summed E-state index contributed by atoms with van der Waals surface area (Å²) in [6, 6.07) is 0. The zero-order chi connectivity index (χ0) is 13.4. The summed E-state index contributed by atoms with van der Waals surface area (Å²) in [6.07, 6.45) is 3.10. The maximum atomic E-state index is 9.49. The lowest BCUT2D eigenvalue weighted by Gasteiger charge is -2.32. The van der Waals surface area contributed by atoms with Gasteiger partial charge in [0.2, 0.25) is 0 Å². The summed E-state index contributed by atoms with van der Waals surface area (Å²) in [5.41, 5.74) is 0.302. The molecule has 0 amide bonds. The first-order valence-corrected chi connectivity index (χ1v) is 6.76. The fraction of sp³-hybridized carbons (Fsp3) is 1.00. The molecular weight excluding hydrogens is 214 g/mol. The number of hydrogen-bond acceptors (Lipinski definition) is 3. The number of methoxy groups -OCH3 is 1. The van der Waals surface area contributed by atoms with Crippen LogP contribution in [0.1, 0.15) is 47.0 Å². The van der Waals surface area contributed by atoms with E-state index in [0.717, 1.165) is 39.0 Å². The Labute approximate surface area is 107 Å². The lowest BCUT2D eigenvalue weighted by Crippen LogP contribution is -2.40. The Bertz CT molecular complexity index is 180. The number of rotatable bonds is 10. The summed E-state index contributed by atoms with van der Waals surface area (Å²) >= 11 is 0. The number of aliphatic hydroxyl groups is 1. The van der Waals surface area contributed by atoms with E-state index in [1.807, 2.05) is 0 Å². The molecule has 0 aromatic rings. The average Bonchev–Trinajstić information content (AvgIpc) is 2.33. The molecule has 0 saturated heterocycles. The first kappa shape index (κ1) is 16.9. The molecule has 2 N–H and O–H groups in total. The largest absolute Gasteiger partial charge is 0.396 e. The van der Waals surface area contributed by atoms with Crippen molar-refractivity contribution in [1.29, 1.82) is 0 Å². The van der Waals surface area contributed by atoms with Gasteiger partial charge in [0.25, 0.3) is 0 Å². The van der Waals surface area contributed by atoms with Crippen LogP contribution in [0.3, 0.4) is 0 Å². The molecule has 0 aromatic heterocycles. The highest BCUT2D eigenvalue weighted by molar-refractivity contribution is 4.80. The molecule has 0 spiro atoms. The molecule has 3 nitrogen and oxygen atoms in total. The minimum Gasteiger partial charge on any atom is -0.396 e. The Morgan fingerprint density at radius 2 is 1.71 bits per heavy atom. The molecule has 0 saturated carbocycles. The molecule has 0 aliphatic heterocycles. The summed E-state index contributed by atoms with van der Waals surface area (Å²) in [5, 5.41) is 13.0. The molecule has 0 aromatic carbocycles. The minimum atomic E-state index is 0.0529. The fourth-order valence-corrected chi connectivity index (χ4v) is 1.91. The molecule has 0 heterocycles. The number of hydrogen-bond donors (Lipinski definition) is 2. The summed E-state index contributed by atoms with van der Waals surface area (Å²) < 4.78 is 5.12. The van der Waals surface area contributed by atoms with Crippen molar-refractivity contribution in [2.45, 2.75) is 47.0 Å². The van der Waals surface area contributed by atoms with E-state index in [0.29, 0.717) is 0 Å². The molecule has 3 heteroatoms. The SMILES string of the molecule is CCC(CC)(CO)CNCC(C)(C)CCOC. The lowest BCUT2D eigenvalue weighted by molar-refractivity contribution is 0.105. The Hall–Kier alpha value is -0.120. The van der Waals surface area contributed by atoms with Gasteiger partial charge >= 0.3 is 0 Å². The van der Waals surface area contributed by atoms with Crippen LogP contribution in [0.5, 0.6) is 0 Å². The molecule has 0 fully saturated rings. The standard InChI is InChI=1S/C14H31NO2/c1-6-14(7-2,12-16)11-15-10-13(3,4)8-9-17-5/h15-16H,6-12H2,1-5H3. The summed E-state index contributed by atoms with van der Waals surface area (Å²) in [7, 11) is 1.74. The van der Waals surface area contributed by atoms with Gasteiger partial charge in [-0.15, -0.1) is 0 Å². The van der Waals surface area contributed by atoms with Gasteiger partial charge in [0.15, 0.2) is 0 Å². The monoisotopic (exact) mass is 245 g/mol. The topological polar surface area (TPSA) is 41.5 Å². The molecule has 0 radical (unpaired) electrons. The smallest absolute Gasteiger partial charge is 0.0499 e. The summed E-state index contributed by atoms with van der Waals surface area (Å²) in [4.78, 5) is 0. The summed E-state index contributed by atoms with van der Waals surface area (Å²) in [5.74, 6) is 0. The number of ether oxygens (including phenoxy) is 1. The van der Waals surface area contributed by atoms with Gasteiger partial charge in [0.05, 0.1) is 0 Å². The average molecular weight is 245 g/mol. The van der Waals surface area contributed by atoms with Gasteiger partial charge in [-0.25, -0.2) is 0 Å². The van der Waals surface area contributed by atoms with E-state index in [-0.39, 0.29) is 17.4 Å². The van der Waals surface area contributed by atoms with Crippen molar-refractivity contribution < 1.29 is 9.84 Å². The van der Waals surface area contributed by atoms with Gasteiger partial charge in [-0.3, -0.25) is 0 Å². The Kier molecular flexibility index (Phi) is 8.01. The van der Waals surface area contributed by atoms with Gasteiger partial charge < -0.3 is 15.2 Å². The van der Waals surface area contributed by atoms with E-state index in [4.69, 9.17) is 4.74 Å². The van der Waals surface area contributed by atoms with Crippen LogP contribution in [0.4, 0.5) is 0 Å². The molecule has 0 unspecified atom stereocenters. The quantitative estimate of drug-likeness (QED) is 0.621. The molecular formula is C14H31NO2. The highest BCUT2D eigenvalue weighted by Gasteiger charge is 2.26. The van der Waals surface area contributed by atoms with Gasteiger partial charge in [0, 0.05) is 38.8 Å². The maximum absolute atomic E-state index is 9.49. The highest BCUT2D eigenvalue weighted by Crippen LogP contribution is 2.25. The van der Waals surface area contributed by atoms with Crippen molar-refractivity contribution >= 4 is 0 Å². The van der Waals surface area contributed by atoms with Crippen molar-refractivity contribution in [1.82, 2.24) is 5.32 Å². The van der Waals surface area contributed by atoms with Crippen molar-refractivity contribution in [2.75, 3.05) is 33.4 Å². The first-order valence-electron chi connectivity index (χ1n) is 6.76. The van der Waals surface area contributed by atoms with Crippen LogP contribution in [0.25, 0.3) is 0 Å². The fourth-order valence-electron chi connectivity index (χ4n) is 1.91. The first-order chi connectivity index (χ1) is 7.95. The van der Waals surface area contributed by atoms with Crippen molar-refractivity contribution in [2.24, 2.45) is 10.8 Å². The zero-order valence-corrected chi connectivity index (χ0v) is 12.3. The Balaban J connectivity index is 4.02. The normalized spacial score (nSPS) is 13.1. The van der Waals surface area contributed by atoms with Crippen LogP contribution in [0, 0.1) is 10.8 Å². The van der Waals surface area contributed by atoms with E-state index in [2.05, 4.69) is 33.0 Å². The van der Waals surface area contributed by atoms with Crippen LogP contribution < -0.4 is 5.32 Å². The highest BCUT2D eigenvalue weighted by atomic mass is 16.5. The third-order valence-electron chi connectivity index (χ3n) is 3.92. The van der Waals surface area contributed by atoms with E-state index in [9.17, 15) is 5.11 Å². The molecule has 0 bridgehead atoms. The lowest BCUT2D eigenvalue weighted by atomic mass is 9.82. The van der Waals surface area contributed by atoms with Crippen LogP contribution in [-0.4, -0.2) is 38.5 Å². The third-order valence-corrected chi connectivity index (χ3v) is 3.92. The van der Waals surface area contributed by atoms with Crippen LogP contribution in [0.15, 0.2) is 0 Å². The number of aliphatic hydroxyl groups excluding tert-OH is 1. The van der Waals surface area contributed by atoms with Crippen LogP contribution in [0.2, 0.25) is 0 Å². The molecule has 0 aliphatic rings. The molecule has 0 atom stereocenters. The van der Waals surface area contributed by atoms with Crippen LogP contribution >= 0.6 is 0 Å². The maximum Gasteiger partial charge on any atom is 0.0499 e. The van der Waals surface area contributed by atoms with Crippen molar-refractivity contribution in [3.05, 3.63) is 0 Å². The zero-order valence-electron chi connectivity index (χ0n) is 12.3.